The minimum absolute atomic E-state index is 0.0972. The molecule has 18 heavy (non-hydrogen) atoms. The molecule has 0 saturated heterocycles. The van der Waals surface area contributed by atoms with Crippen molar-refractivity contribution in [3.05, 3.63) is 52.3 Å². The van der Waals surface area contributed by atoms with Crippen molar-refractivity contribution in [3.8, 4) is 0 Å². The third kappa shape index (κ3) is 2.70. The minimum atomic E-state index is -0.512. The van der Waals surface area contributed by atoms with Crippen molar-refractivity contribution in [2.45, 2.75) is 6.54 Å². The number of benzene rings is 1. The molecule has 0 radical (unpaired) electrons. The van der Waals surface area contributed by atoms with Gasteiger partial charge in [-0.3, -0.25) is 10.1 Å². The summed E-state index contributed by atoms with van der Waals surface area (Å²) in [5.41, 5.74) is 7.08. The zero-order chi connectivity index (χ0) is 13.0. The highest BCUT2D eigenvalue weighted by Crippen LogP contribution is 2.24. The van der Waals surface area contributed by atoms with Gasteiger partial charge < -0.3 is 11.1 Å². The van der Waals surface area contributed by atoms with Crippen molar-refractivity contribution in [2.75, 3.05) is 11.1 Å². The zero-order valence-electron chi connectivity index (χ0n) is 9.41. The number of nitrogen functional groups attached to an aromatic ring is 1. The number of hydrogen-bond donors (Lipinski definition) is 2. The molecule has 0 amide bonds. The van der Waals surface area contributed by atoms with E-state index in [4.69, 9.17) is 5.73 Å². The standard InChI is InChI=1S/C11H11N5O2/c12-10-6-8(3-4-11(10)16(17)18)13-7-9-2-1-5-14-15-9/h1-6,13H,7,12H2. The van der Waals surface area contributed by atoms with Crippen LogP contribution in [0.3, 0.4) is 0 Å². The normalized spacial score (nSPS) is 10.0. The van der Waals surface area contributed by atoms with E-state index in [9.17, 15) is 10.1 Å². The number of nitro benzene ring substituents is 1. The van der Waals surface area contributed by atoms with Gasteiger partial charge in [0.05, 0.1) is 17.2 Å². The Kier molecular flexibility index (Phi) is 3.33. The van der Waals surface area contributed by atoms with Crippen molar-refractivity contribution in [3.63, 3.8) is 0 Å². The highest BCUT2D eigenvalue weighted by atomic mass is 16.6. The molecule has 1 aromatic heterocycles. The van der Waals surface area contributed by atoms with Crippen LogP contribution in [0, 0.1) is 10.1 Å². The van der Waals surface area contributed by atoms with Gasteiger partial charge in [-0.1, -0.05) is 0 Å². The summed E-state index contributed by atoms with van der Waals surface area (Å²) < 4.78 is 0. The summed E-state index contributed by atoms with van der Waals surface area (Å²) in [6.07, 6.45) is 1.59. The molecule has 0 spiro atoms. The molecule has 2 aromatic rings. The summed E-state index contributed by atoms with van der Waals surface area (Å²) in [7, 11) is 0. The van der Waals surface area contributed by atoms with Gasteiger partial charge in [-0.2, -0.15) is 10.2 Å². The van der Waals surface area contributed by atoms with Gasteiger partial charge in [-0.05, 0) is 24.3 Å². The predicted molar refractivity (Wildman–Crippen MR) is 66.9 cm³/mol. The largest absolute Gasteiger partial charge is 0.393 e. The van der Waals surface area contributed by atoms with Crippen molar-refractivity contribution in [1.29, 1.82) is 0 Å². The molecule has 0 unspecified atom stereocenters. The first-order valence-corrected chi connectivity index (χ1v) is 5.21. The second kappa shape index (κ2) is 5.09. The summed E-state index contributed by atoms with van der Waals surface area (Å²) >= 11 is 0. The Morgan fingerprint density at radius 1 is 1.39 bits per heavy atom. The SMILES string of the molecule is Nc1cc(NCc2cccnn2)ccc1[N+](=O)[O-]. The molecule has 3 N–H and O–H groups in total. The van der Waals surface area contributed by atoms with Crippen LogP contribution in [-0.4, -0.2) is 15.1 Å². The maximum absolute atomic E-state index is 10.6. The predicted octanol–water partition coefficient (Wildman–Crippen LogP) is 1.58. The van der Waals surface area contributed by atoms with Crippen LogP contribution in [0.4, 0.5) is 17.1 Å². The first-order chi connectivity index (χ1) is 8.66. The number of aromatic nitrogens is 2. The first-order valence-electron chi connectivity index (χ1n) is 5.21. The average molecular weight is 245 g/mol. The molecule has 1 heterocycles. The quantitative estimate of drug-likeness (QED) is 0.481. The summed E-state index contributed by atoms with van der Waals surface area (Å²) in [6.45, 7) is 0.477. The minimum Gasteiger partial charge on any atom is -0.393 e. The fourth-order valence-electron chi connectivity index (χ4n) is 1.45. The lowest BCUT2D eigenvalue weighted by atomic mass is 10.2. The van der Waals surface area contributed by atoms with Gasteiger partial charge in [0.15, 0.2) is 0 Å². The van der Waals surface area contributed by atoms with Crippen molar-refractivity contribution in [2.24, 2.45) is 0 Å². The lowest BCUT2D eigenvalue weighted by molar-refractivity contribution is -0.383. The van der Waals surface area contributed by atoms with E-state index in [1.165, 1.54) is 12.1 Å². The number of hydrogen-bond acceptors (Lipinski definition) is 6. The van der Waals surface area contributed by atoms with Crippen LogP contribution in [0.1, 0.15) is 5.69 Å². The summed E-state index contributed by atoms with van der Waals surface area (Å²) in [4.78, 5) is 10.1. The van der Waals surface area contributed by atoms with Crippen LogP contribution in [0.2, 0.25) is 0 Å². The molecule has 0 saturated carbocycles. The maximum atomic E-state index is 10.6. The van der Waals surface area contributed by atoms with Crippen LogP contribution in [0.25, 0.3) is 0 Å². The molecular formula is C11H11N5O2. The molecule has 7 nitrogen and oxygen atoms in total. The summed E-state index contributed by atoms with van der Waals surface area (Å²) in [6, 6.07) is 8.11. The molecule has 0 bridgehead atoms. The third-order valence-electron chi connectivity index (χ3n) is 2.33. The van der Waals surface area contributed by atoms with Gasteiger partial charge in [0, 0.05) is 18.0 Å². The summed E-state index contributed by atoms with van der Waals surface area (Å²) in [5, 5.41) is 21.3. The van der Waals surface area contributed by atoms with E-state index in [2.05, 4.69) is 15.5 Å². The molecule has 0 atom stereocenters. The number of anilines is 2. The molecule has 1 aromatic carbocycles. The van der Waals surface area contributed by atoms with E-state index < -0.39 is 4.92 Å². The van der Waals surface area contributed by atoms with Crippen LogP contribution >= 0.6 is 0 Å². The molecular weight excluding hydrogens is 234 g/mol. The molecule has 0 aliphatic rings. The van der Waals surface area contributed by atoms with Crippen LogP contribution in [0.5, 0.6) is 0 Å². The van der Waals surface area contributed by atoms with Crippen molar-refractivity contribution >= 4 is 17.1 Å². The Morgan fingerprint density at radius 2 is 2.22 bits per heavy atom. The lowest BCUT2D eigenvalue weighted by Gasteiger charge is -2.06. The van der Waals surface area contributed by atoms with E-state index in [1.54, 1.807) is 18.3 Å². The molecule has 0 aliphatic carbocycles. The first kappa shape index (κ1) is 11.8. The van der Waals surface area contributed by atoms with Gasteiger partial charge in [-0.25, -0.2) is 0 Å². The van der Waals surface area contributed by atoms with E-state index in [1.807, 2.05) is 6.07 Å². The van der Waals surface area contributed by atoms with Gasteiger partial charge in [0.1, 0.15) is 5.69 Å². The topological polar surface area (TPSA) is 107 Å². The monoisotopic (exact) mass is 245 g/mol. The Labute approximate surface area is 103 Å². The Morgan fingerprint density at radius 3 is 2.83 bits per heavy atom. The Balaban J connectivity index is 2.07. The van der Waals surface area contributed by atoms with Crippen LogP contribution < -0.4 is 11.1 Å². The summed E-state index contributed by atoms with van der Waals surface area (Å²) in [5.74, 6) is 0. The van der Waals surface area contributed by atoms with E-state index in [-0.39, 0.29) is 11.4 Å². The number of nitrogens with two attached hydrogens (primary N) is 1. The molecule has 0 aliphatic heterocycles. The maximum Gasteiger partial charge on any atom is 0.292 e. The number of nitrogens with one attached hydrogen (secondary N) is 1. The zero-order valence-corrected chi connectivity index (χ0v) is 9.41. The van der Waals surface area contributed by atoms with Gasteiger partial charge >= 0.3 is 0 Å². The molecule has 0 fully saturated rings. The van der Waals surface area contributed by atoms with E-state index in [0.29, 0.717) is 12.2 Å². The smallest absolute Gasteiger partial charge is 0.292 e. The lowest BCUT2D eigenvalue weighted by Crippen LogP contribution is -2.03. The fraction of sp³-hybridized carbons (Fsp3) is 0.0909. The molecule has 2 rings (SSSR count). The second-order valence-corrected chi connectivity index (χ2v) is 3.60. The third-order valence-corrected chi connectivity index (χ3v) is 2.33. The van der Waals surface area contributed by atoms with E-state index in [0.717, 1.165) is 5.69 Å². The average Bonchev–Trinajstić information content (AvgIpc) is 2.37. The van der Waals surface area contributed by atoms with Gasteiger partial charge in [0.2, 0.25) is 0 Å². The van der Waals surface area contributed by atoms with Crippen LogP contribution in [0.15, 0.2) is 36.5 Å². The van der Waals surface area contributed by atoms with Crippen molar-refractivity contribution < 1.29 is 4.92 Å². The van der Waals surface area contributed by atoms with Gasteiger partial charge in [0.25, 0.3) is 5.69 Å². The molecule has 92 valence electrons. The second-order valence-electron chi connectivity index (χ2n) is 3.60. The number of nitro groups is 1. The van der Waals surface area contributed by atoms with Gasteiger partial charge in [-0.15, -0.1) is 0 Å². The Bertz CT molecular complexity index is 559. The fourth-order valence-corrected chi connectivity index (χ4v) is 1.45. The molecule has 7 heteroatoms. The number of rotatable bonds is 4. The van der Waals surface area contributed by atoms with E-state index >= 15 is 0 Å². The Hall–Kier alpha value is -2.70. The van der Waals surface area contributed by atoms with Crippen molar-refractivity contribution in [1.82, 2.24) is 10.2 Å². The highest BCUT2D eigenvalue weighted by Gasteiger charge is 2.10. The highest BCUT2D eigenvalue weighted by molar-refractivity contribution is 5.65. The van der Waals surface area contributed by atoms with Crippen LogP contribution in [-0.2, 0) is 6.54 Å². The number of nitrogens with zero attached hydrogens (tertiary/aromatic N) is 3.